The first kappa shape index (κ1) is 24.0. The molecule has 0 atom stereocenters. The Labute approximate surface area is 202 Å². The minimum absolute atomic E-state index is 0.0232. The first-order valence-corrected chi connectivity index (χ1v) is 11.2. The zero-order valence-corrected chi connectivity index (χ0v) is 20.0. The molecule has 7 heteroatoms. The van der Waals surface area contributed by atoms with E-state index in [0.717, 1.165) is 0 Å². The van der Waals surface area contributed by atoms with E-state index in [4.69, 9.17) is 0 Å². The van der Waals surface area contributed by atoms with Crippen LogP contribution in [0.25, 0.3) is 27.7 Å². The molecule has 1 amide bonds. The highest BCUT2D eigenvalue weighted by Gasteiger charge is 2.35. The summed E-state index contributed by atoms with van der Waals surface area (Å²) in [6, 6.07) is 17.6. The highest BCUT2D eigenvalue weighted by atomic mass is 19.1. The standard InChI is InChI=1S/C28H27FN2O4/c1-28(2,16-23(33)30(3)4)26-24(17-7-5-8-18(15-17)27(34)35)25-21(9-6-10-22(25)32)31(26)20-13-11-19(29)12-14-20/h5-15,32H,16H2,1-4H3,(H,34,35). The highest BCUT2D eigenvalue weighted by Crippen LogP contribution is 2.47. The number of carboxylic acid groups (broad SMARTS) is 1. The predicted octanol–water partition coefficient (Wildman–Crippen LogP) is 5.60. The zero-order valence-electron chi connectivity index (χ0n) is 20.0. The lowest BCUT2D eigenvalue weighted by molar-refractivity contribution is -0.129. The summed E-state index contributed by atoms with van der Waals surface area (Å²) in [5.74, 6) is -1.51. The van der Waals surface area contributed by atoms with Crippen LogP contribution in [0.2, 0.25) is 0 Å². The normalized spacial score (nSPS) is 11.6. The Hall–Kier alpha value is -4.13. The van der Waals surface area contributed by atoms with E-state index < -0.39 is 11.4 Å². The van der Waals surface area contributed by atoms with Gasteiger partial charge in [0, 0.05) is 48.3 Å². The number of phenolic OH excluding ortho intramolecular Hbond substituents is 1. The Balaban J connectivity index is 2.16. The van der Waals surface area contributed by atoms with Crippen molar-refractivity contribution >= 4 is 22.8 Å². The van der Waals surface area contributed by atoms with Crippen molar-refractivity contribution in [2.45, 2.75) is 25.7 Å². The molecular weight excluding hydrogens is 447 g/mol. The molecule has 0 aliphatic carbocycles. The highest BCUT2D eigenvalue weighted by molar-refractivity contribution is 6.04. The van der Waals surface area contributed by atoms with Gasteiger partial charge in [-0.2, -0.15) is 0 Å². The van der Waals surface area contributed by atoms with Crippen LogP contribution in [-0.2, 0) is 10.2 Å². The van der Waals surface area contributed by atoms with E-state index in [1.54, 1.807) is 56.6 Å². The first-order valence-electron chi connectivity index (χ1n) is 11.2. The average Bonchev–Trinajstić information content (AvgIpc) is 3.17. The summed E-state index contributed by atoms with van der Waals surface area (Å²) in [7, 11) is 3.38. The predicted molar refractivity (Wildman–Crippen MR) is 134 cm³/mol. The van der Waals surface area contributed by atoms with Crippen molar-refractivity contribution in [3.05, 3.63) is 83.8 Å². The molecule has 3 aromatic carbocycles. The summed E-state index contributed by atoms with van der Waals surface area (Å²) < 4.78 is 15.7. The lowest BCUT2D eigenvalue weighted by Crippen LogP contribution is -2.32. The smallest absolute Gasteiger partial charge is 0.335 e. The number of phenols is 1. The van der Waals surface area contributed by atoms with Gasteiger partial charge in [0.1, 0.15) is 11.6 Å². The maximum atomic E-state index is 13.8. The number of hydrogen-bond donors (Lipinski definition) is 2. The van der Waals surface area contributed by atoms with Crippen LogP contribution in [-0.4, -0.2) is 45.7 Å². The number of carboxylic acids is 1. The van der Waals surface area contributed by atoms with Gasteiger partial charge in [-0.3, -0.25) is 4.79 Å². The summed E-state index contributed by atoms with van der Waals surface area (Å²) in [4.78, 5) is 26.1. The summed E-state index contributed by atoms with van der Waals surface area (Å²) in [6.45, 7) is 3.87. The monoisotopic (exact) mass is 474 g/mol. The van der Waals surface area contributed by atoms with Crippen LogP contribution < -0.4 is 0 Å². The quantitative estimate of drug-likeness (QED) is 0.381. The van der Waals surface area contributed by atoms with Crippen LogP contribution in [0.15, 0.2) is 66.7 Å². The molecular formula is C28H27FN2O4. The Morgan fingerprint density at radius 2 is 1.66 bits per heavy atom. The molecule has 0 saturated carbocycles. The number of aromatic hydroxyl groups is 1. The van der Waals surface area contributed by atoms with Crippen molar-refractivity contribution in [3.63, 3.8) is 0 Å². The van der Waals surface area contributed by atoms with Crippen LogP contribution in [0, 0.1) is 5.82 Å². The number of benzene rings is 3. The molecule has 4 aromatic rings. The third-order valence-electron chi connectivity index (χ3n) is 6.19. The number of halogens is 1. The van der Waals surface area contributed by atoms with Gasteiger partial charge >= 0.3 is 5.97 Å². The van der Waals surface area contributed by atoms with Crippen molar-refractivity contribution in [3.8, 4) is 22.6 Å². The number of carbonyl (C=O) groups is 2. The van der Waals surface area contributed by atoms with Crippen LogP contribution in [0.4, 0.5) is 4.39 Å². The Morgan fingerprint density at radius 1 is 1.00 bits per heavy atom. The third-order valence-corrected chi connectivity index (χ3v) is 6.19. The van der Waals surface area contributed by atoms with E-state index in [1.807, 2.05) is 24.5 Å². The van der Waals surface area contributed by atoms with Gasteiger partial charge in [0.15, 0.2) is 0 Å². The summed E-state index contributed by atoms with van der Waals surface area (Å²) in [5.41, 5.74) is 2.60. The molecule has 6 nitrogen and oxygen atoms in total. The average molecular weight is 475 g/mol. The van der Waals surface area contributed by atoms with Crippen LogP contribution in [0.3, 0.4) is 0 Å². The third kappa shape index (κ3) is 4.37. The van der Waals surface area contributed by atoms with Crippen molar-refractivity contribution < 1.29 is 24.2 Å². The summed E-state index contributed by atoms with van der Waals surface area (Å²) >= 11 is 0. The minimum Gasteiger partial charge on any atom is -0.507 e. The van der Waals surface area contributed by atoms with Gasteiger partial charge in [-0.25, -0.2) is 9.18 Å². The van der Waals surface area contributed by atoms with Crippen LogP contribution in [0.1, 0.15) is 36.3 Å². The molecule has 180 valence electrons. The molecule has 0 bridgehead atoms. The molecule has 1 aromatic heterocycles. The van der Waals surface area contributed by atoms with E-state index in [1.165, 1.54) is 23.1 Å². The zero-order chi connectivity index (χ0) is 25.5. The summed E-state index contributed by atoms with van der Waals surface area (Å²) in [6.07, 6.45) is 0.157. The van der Waals surface area contributed by atoms with Crippen molar-refractivity contribution in [1.29, 1.82) is 0 Å². The Morgan fingerprint density at radius 3 is 2.29 bits per heavy atom. The summed E-state index contributed by atoms with van der Waals surface area (Å²) in [5, 5.41) is 21.1. The molecule has 0 unspecified atom stereocenters. The molecule has 0 spiro atoms. The second-order valence-corrected chi connectivity index (χ2v) is 9.44. The van der Waals surface area contributed by atoms with E-state index in [2.05, 4.69) is 0 Å². The number of fused-ring (bicyclic) bond motifs is 1. The number of carbonyl (C=O) groups excluding carboxylic acids is 1. The fourth-order valence-corrected chi connectivity index (χ4v) is 4.53. The number of rotatable bonds is 6. The molecule has 0 aliphatic rings. The molecule has 0 saturated heterocycles. The van der Waals surface area contributed by atoms with Gasteiger partial charge in [-0.05, 0) is 54.1 Å². The second-order valence-electron chi connectivity index (χ2n) is 9.44. The number of nitrogens with zero attached hydrogens (tertiary/aromatic N) is 2. The fraction of sp³-hybridized carbons (Fsp3) is 0.214. The van der Waals surface area contributed by atoms with Gasteiger partial charge in [0.05, 0.1) is 11.1 Å². The van der Waals surface area contributed by atoms with Gasteiger partial charge in [0.2, 0.25) is 5.91 Å². The lowest BCUT2D eigenvalue weighted by Gasteiger charge is -2.29. The molecule has 4 rings (SSSR count). The Kier molecular flexibility index (Phi) is 6.11. The SMILES string of the molecule is CN(C)C(=O)CC(C)(C)c1c(-c2cccc(C(=O)O)c2)c2c(O)cccc2n1-c1ccc(F)cc1. The Bertz CT molecular complexity index is 1440. The number of amides is 1. The second kappa shape index (κ2) is 8.91. The minimum atomic E-state index is -1.07. The number of aromatic carboxylic acids is 1. The fourth-order valence-electron chi connectivity index (χ4n) is 4.53. The van der Waals surface area contributed by atoms with Crippen molar-refractivity contribution in [2.75, 3.05) is 14.1 Å². The van der Waals surface area contributed by atoms with Gasteiger partial charge < -0.3 is 19.7 Å². The first-order chi connectivity index (χ1) is 16.5. The van der Waals surface area contributed by atoms with Gasteiger partial charge in [-0.15, -0.1) is 0 Å². The molecule has 1 heterocycles. The van der Waals surface area contributed by atoms with Crippen LogP contribution in [0.5, 0.6) is 5.75 Å². The van der Waals surface area contributed by atoms with E-state index in [-0.39, 0.29) is 29.5 Å². The molecule has 0 fully saturated rings. The van der Waals surface area contributed by atoms with E-state index in [9.17, 15) is 24.2 Å². The van der Waals surface area contributed by atoms with Crippen molar-refractivity contribution in [1.82, 2.24) is 9.47 Å². The molecule has 35 heavy (non-hydrogen) atoms. The van der Waals surface area contributed by atoms with E-state index >= 15 is 0 Å². The van der Waals surface area contributed by atoms with Gasteiger partial charge in [-0.1, -0.05) is 32.0 Å². The maximum absolute atomic E-state index is 13.8. The molecule has 0 radical (unpaired) electrons. The van der Waals surface area contributed by atoms with E-state index in [0.29, 0.717) is 33.4 Å². The molecule has 2 N–H and O–H groups in total. The molecule has 0 aliphatic heterocycles. The lowest BCUT2D eigenvalue weighted by atomic mass is 9.80. The van der Waals surface area contributed by atoms with Crippen LogP contribution >= 0.6 is 0 Å². The van der Waals surface area contributed by atoms with Gasteiger partial charge in [0.25, 0.3) is 0 Å². The number of aromatic nitrogens is 1. The number of hydrogen-bond acceptors (Lipinski definition) is 3. The maximum Gasteiger partial charge on any atom is 0.335 e. The topological polar surface area (TPSA) is 82.8 Å². The van der Waals surface area contributed by atoms with Crippen molar-refractivity contribution in [2.24, 2.45) is 0 Å². The largest absolute Gasteiger partial charge is 0.507 e.